The molecule has 0 unspecified atom stereocenters. The predicted octanol–water partition coefficient (Wildman–Crippen LogP) is 3.51. The second-order valence-electron chi connectivity index (χ2n) is 5.21. The molecule has 0 N–H and O–H groups in total. The van der Waals surface area contributed by atoms with Gasteiger partial charge in [-0.1, -0.05) is 59.8 Å². The van der Waals surface area contributed by atoms with Gasteiger partial charge in [0.1, 0.15) is 0 Å². The predicted molar refractivity (Wildman–Crippen MR) is 94.3 cm³/mol. The Kier molecular flexibility index (Phi) is 4.96. The van der Waals surface area contributed by atoms with E-state index in [0.717, 1.165) is 17.1 Å². The summed E-state index contributed by atoms with van der Waals surface area (Å²) in [5.41, 5.74) is 3.10. The van der Waals surface area contributed by atoms with Gasteiger partial charge in [0.15, 0.2) is 11.0 Å². The largest absolute Gasteiger partial charge is 0.468 e. The van der Waals surface area contributed by atoms with Crippen LogP contribution in [0.5, 0.6) is 0 Å². The first-order valence-electron chi connectivity index (χ1n) is 7.46. The minimum absolute atomic E-state index is 0.190. The van der Waals surface area contributed by atoms with Crippen LogP contribution in [-0.2, 0) is 9.53 Å². The zero-order valence-corrected chi connectivity index (χ0v) is 14.3. The molecule has 24 heavy (non-hydrogen) atoms. The van der Waals surface area contributed by atoms with Gasteiger partial charge in [0.25, 0.3) is 0 Å². The van der Waals surface area contributed by atoms with Crippen molar-refractivity contribution in [3.05, 3.63) is 60.2 Å². The van der Waals surface area contributed by atoms with Crippen molar-refractivity contribution in [3.63, 3.8) is 0 Å². The summed E-state index contributed by atoms with van der Waals surface area (Å²) in [7, 11) is 1.38. The van der Waals surface area contributed by atoms with E-state index in [4.69, 9.17) is 4.74 Å². The molecule has 0 aliphatic carbocycles. The summed E-state index contributed by atoms with van der Waals surface area (Å²) in [4.78, 5) is 11.5. The van der Waals surface area contributed by atoms with E-state index >= 15 is 0 Å². The van der Waals surface area contributed by atoms with Crippen molar-refractivity contribution in [2.75, 3.05) is 12.9 Å². The van der Waals surface area contributed by atoms with Gasteiger partial charge < -0.3 is 4.74 Å². The van der Waals surface area contributed by atoms with Gasteiger partial charge in [-0.15, -0.1) is 10.2 Å². The molecule has 3 rings (SSSR count). The van der Waals surface area contributed by atoms with Crippen LogP contribution in [0.3, 0.4) is 0 Å². The summed E-state index contributed by atoms with van der Waals surface area (Å²) >= 11 is 1.31. The maximum atomic E-state index is 11.5. The number of methoxy groups -OCH3 is 1. The number of benzene rings is 2. The fraction of sp³-hybridized carbons (Fsp3) is 0.167. The third kappa shape index (κ3) is 3.49. The Morgan fingerprint density at radius 2 is 1.79 bits per heavy atom. The van der Waals surface area contributed by atoms with E-state index in [2.05, 4.69) is 10.2 Å². The monoisotopic (exact) mass is 339 g/mol. The molecule has 0 spiro atoms. The standard InChI is InChI=1S/C18H17N3O2S/c1-13-8-10-15(11-9-13)21-17(14-6-4-3-5-7-14)19-20-18(21)24-12-16(22)23-2/h3-11H,12H2,1-2H3. The zero-order chi connectivity index (χ0) is 16.9. The highest BCUT2D eigenvalue weighted by atomic mass is 32.2. The van der Waals surface area contributed by atoms with Gasteiger partial charge in [-0.3, -0.25) is 9.36 Å². The summed E-state index contributed by atoms with van der Waals surface area (Å²) < 4.78 is 6.67. The van der Waals surface area contributed by atoms with Crippen molar-refractivity contribution in [3.8, 4) is 17.1 Å². The van der Waals surface area contributed by atoms with Gasteiger partial charge in [0, 0.05) is 11.3 Å². The number of carbonyl (C=O) groups is 1. The van der Waals surface area contributed by atoms with Crippen LogP contribution in [0, 0.1) is 6.92 Å². The van der Waals surface area contributed by atoms with Crippen LogP contribution in [0.1, 0.15) is 5.56 Å². The summed E-state index contributed by atoms with van der Waals surface area (Å²) in [6, 6.07) is 18.0. The van der Waals surface area contributed by atoms with E-state index in [1.54, 1.807) is 0 Å². The fourth-order valence-electron chi connectivity index (χ4n) is 2.25. The number of aromatic nitrogens is 3. The van der Waals surface area contributed by atoms with Crippen molar-refractivity contribution in [1.29, 1.82) is 0 Å². The Labute approximate surface area is 144 Å². The number of aryl methyl sites for hydroxylation is 1. The second kappa shape index (κ2) is 7.31. The molecule has 6 heteroatoms. The molecule has 0 aliphatic heterocycles. The van der Waals surface area contributed by atoms with Gasteiger partial charge >= 0.3 is 5.97 Å². The highest BCUT2D eigenvalue weighted by molar-refractivity contribution is 7.99. The maximum Gasteiger partial charge on any atom is 0.316 e. The molecule has 1 aromatic heterocycles. The average molecular weight is 339 g/mol. The smallest absolute Gasteiger partial charge is 0.316 e. The molecule has 0 atom stereocenters. The Bertz CT molecular complexity index is 829. The summed E-state index contributed by atoms with van der Waals surface area (Å²) in [5.74, 6) is 0.640. The molecule has 3 aromatic rings. The highest BCUT2D eigenvalue weighted by Gasteiger charge is 2.17. The molecule has 0 saturated heterocycles. The quantitative estimate of drug-likeness (QED) is 0.526. The molecule has 0 bridgehead atoms. The van der Waals surface area contributed by atoms with Crippen LogP contribution in [0.25, 0.3) is 17.1 Å². The van der Waals surface area contributed by atoms with Crippen LogP contribution in [0.15, 0.2) is 59.8 Å². The van der Waals surface area contributed by atoms with Gasteiger partial charge in [0.2, 0.25) is 0 Å². The number of hydrogen-bond acceptors (Lipinski definition) is 5. The molecular weight excluding hydrogens is 322 g/mol. The summed E-state index contributed by atoms with van der Waals surface area (Å²) in [6.07, 6.45) is 0. The normalized spacial score (nSPS) is 10.6. The van der Waals surface area contributed by atoms with Crippen LogP contribution < -0.4 is 0 Å². The fourth-order valence-corrected chi connectivity index (χ4v) is 3.03. The van der Waals surface area contributed by atoms with Crippen molar-refractivity contribution >= 4 is 17.7 Å². The topological polar surface area (TPSA) is 57.0 Å². The molecule has 0 saturated carbocycles. The Balaban J connectivity index is 2.05. The molecule has 2 aromatic carbocycles. The number of esters is 1. The first-order valence-corrected chi connectivity index (χ1v) is 8.45. The van der Waals surface area contributed by atoms with Gasteiger partial charge in [-0.25, -0.2) is 0 Å². The maximum absolute atomic E-state index is 11.5. The first-order chi connectivity index (χ1) is 11.7. The molecule has 0 aliphatic rings. The van der Waals surface area contributed by atoms with Crippen LogP contribution in [-0.4, -0.2) is 33.6 Å². The average Bonchev–Trinajstić information content (AvgIpc) is 3.05. The molecule has 0 amide bonds. The van der Waals surface area contributed by atoms with Crippen molar-refractivity contribution in [1.82, 2.24) is 14.8 Å². The van der Waals surface area contributed by atoms with Gasteiger partial charge in [-0.2, -0.15) is 0 Å². The molecular formula is C18H17N3O2S. The van der Waals surface area contributed by atoms with E-state index in [9.17, 15) is 4.79 Å². The van der Waals surface area contributed by atoms with Crippen molar-refractivity contribution < 1.29 is 9.53 Å². The molecule has 1 heterocycles. The Hall–Kier alpha value is -2.60. The Morgan fingerprint density at radius 1 is 1.08 bits per heavy atom. The number of ether oxygens (including phenoxy) is 1. The molecule has 0 radical (unpaired) electrons. The number of carbonyl (C=O) groups excluding carboxylic acids is 1. The second-order valence-corrected chi connectivity index (χ2v) is 6.15. The minimum Gasteiger partial charge on any atom is -0.468 e. The number of rotatable bonds is 5. The molecule has 5 nitrogen and oxygen atoms in total. The lowest BCUT2D eigenvalue weighted by molar-refractivity contribution is -0.137. The first kappa shape index (κ1) is 16.3. The van der Waals surface area contributed by atoms with Gasteiger partial charge in [-0.05, 0) is 19.1 Å². The summed E-state index contributed by atoms with van der Waals surface area (Å²) in [5, 5.41) is 9.25. The number of thioether (sulfide) groups is 1. The van der Waals surface area contributed by atoms with E-state index in [-0.39, 0.29) is 11.7 Å². The lowest BCUT2D eigenvalue weighted by Crippen LogP contribution is -2.05. The van der Waals surface area contributed by atoms with Crippen molar-refractivity contribution in [2.24, 2.45) is 0 Å². The van der Waals surface area contributed by atoms with E-state index in [1.807, 2.05) is 66.1 Å². The number of nitrogens with zero attached hydrogens (tertiary/aromatic N) is 3. The lowest BCUT2D eigenvalue weighted by Gasteiger charge is -2.10. The third-order valence-corrected chi connectivity index (χ3v) is 4.41. The van der Waals surface area contributed by atoms with E-state index in [0.29, 0.717) is 5.16 Å². The van der Waals surface area contributed by atoms with Crippen molar-refractivity contribution in [2.45, 2.75) is 12.1 Å². The van der Waals surface area contributed by atoms with E-state index < -0.39 is 0 Å². The SMILES string of the molecule is COC(=O)CSc1nnc(-c2ccccc2)n1-c1ccc(C)cc1. The zero-order valence-electron chi connectivity index (χ0n) is 13.5. The Morgan fingerprint density at radius 3 is 2.46 bits per heavy atom. The van der Waals surface area contributed by atoms with Crippen LogP contribution >= 0.6 is 11.8 Å². The molecule has 0 fully saturated rings. The lowest BCUT2D eigenvalue weighted by atomic mass is 10.2. The van der Waals surface area contributed by atoms with Crippen LogP contribution in [0.2, 0.25) is 0 Å². The van der Waals surface area contributed by atoms with Crippen LogP contribution in [0.4, 0.5) is 0 Å². The summed E-state index contributed by atoms with van der Waals surface area (Å²) in [6.45, 7) is 2.04. The van der Waals surface area contributed by atoms with E-state index in [1.165, 1.54) is 24.4 Å². The number of hydrogen-bond donors (Lipinski definition) is 0. The van der Waals surface area contributed by atoms with Gasteiger partial charge in [0.05, 0.1) is 12.9 Å². The highest BCUT2D eigenvalue weighted by Crippen LogP contribution is 2.28. The molecule has 122 valence electrons. The third-order valence-electron chi connectivity index (χ3n) is 3.50. The minimum atomic E-state index is -0.292.